The molecule has 7 heteroatoms. The zero-order valence-corrected chi connectivity index (χ0v) is 13.3. The first-order valence-corrected chi connectivity index (χ1v) is 8.72. The van der Waals surface area contributed by atoms with Crippen molar-refractivity contribution in [1.29, 1.82) is 0 Å². The van der Waals surface area contributed by atoms with E-state index in [9.17, 15) is 4.79 Å². The highest BCUT2D eigenvalue weighted by molar-refractivity contribution is 7.99. The zero-order valence-electron chi connectivity index (χ0n) is 12.5. The van der Waals surface area contributed by atoms with E-state index < -0.39 is 0 Å². The highest BCUT2D eigenvalue weighted by Crippen LogP contribution is 2.38. The van der Waals surface area contributed by atoms with Crippen molar-refractivity contribution in [2.24, 2.45) is 11.7 Å². The van der Waals surface area contributed by atoms with E-state index in [4.69, 9.17) is 5.73 Å². The number of hydrogen-bond acceptors (Lipinski definition) is 5. The zero-order chi connectivity index (χ0) is 14.8. The number of nitrogens with two attached hydrogens (primary N) is 1. The van der Waals surface area contributed by atoms with Gasteiger partial charge in [-0.05, 0) is 31.6 Å². The number of carbonyl (C=O) groups is 1. The van der Waals surface area contributed by atoms with Crippen molar-refractivity contribution in [1.82, 2.24) is 19.7 Å². The van der Waals surface area contributed by atoms with Crippen LogP contribution >= 0.6 is 11.8 Å². The summed E-state index contributed by atoms with van der Waals surface area (Å²) in [6.07, 6.45) is 4.56. The van der Waals surface area contributed by atoms with Crippen molar-refractivity contribution in [3.63, 3.8) is 0 Å². The molecule has 1 aliphatic heterocycles. The average Bonchev–Trinajstić information content (AvgIpc) is 3.25. The van der Waals surface area contributed by atoms with Crippen molar-refractivity contribution >= 4 is 17.7 Å². The molecule has 0 unspecified atom stereocenters. The second kappa shape index (κ2) is 6.36. The van der Waals surface area contributed by atoms with E-state index in [1.165, 1.54) is 11.8 Å². The van der Waals surface area contributed by atoms with Crippen LogP contribution < -0.4 is 5.73 Å². The van der Waals surface area contributed by atoms with E-state index in [2.05, 4.69) is 21.7 Å². The number of thioether (sulfide) groups is 1. The van der Waals surface area contributed by atoms with Crippen LogP contribution in [0.2, 0.25) is 0 Å². The maximum atomic E-state index is 12.3. The fourth-order valence-electron chi connectivity index (χ4n) is 2.72. The van der Waals surface area contributed by atoms with E-state index in [0.717, 1.165) is 55.7 Å². The SMILES string of the molecule is CC1CCN(C(=O)CSc2nnc(CN)n2C2CC2)CC1. The minimum atomic E-state index is 0.214. The molecule has 0 atom stereocenters. The molecule has 1 aliphatic carbocycles. The molecule has 0 aromatic carbocycles. The Labute approximate surface area is 129 Å². The molecule has 2 fully saturated rings. The number of hydrogen-bond donors (Lipinski definition) is 1. The Morgan fingerprint density at radius 2 is 2.00 bits per heavy atom. The number of likely N-dealkylation sites (tertiary alicyclic amines) is 1. The van der Waals surface area contributed by atoms with E-state index in [1.807, 2.05) is 4.90 Å². The predicted octanol–water partition coefficient (Wildman–Crippen LogP) is 1.42. The van der Waals surface area contributed by atoms with Crippen molar-refractivity contribution in [3.8, 4) is 0 Å². The van der Waals surface area contributed by atoms with Crippen LogP contribution in [0.4, 0.5) is 0 Å². The Balaban J connectivity index is 1.57. The van der Waals surface area contributed by atoms with Gasteiger partial charge in [0, 0.05) is 19.1 Å². The van der Waals surface area contributed by atoms with Crippen LogP contribution in [0.25, 0.3) is 0 Å². The van der Waals surface area contributed by atoms with Gasteiger partial charge in [0.1, 0.15) is 5.82 Å². The van der Waals surface area contributed by atoms with Gasteiger partial charge in [-0.1, -0.05) is 18.7 Å². The second-order valence-electron chi connectivity index (χ2n) is 6.06. The Morgan fingerprint density at radius 3 is 2.62 bits per heavy atom. The van der Waals surface area contributed by atoms with Crippen LogP contribution in [0.5, 0.6) is 0 Å². The summed E-state index contributed by atoms with van der Waals surface area (Å²) >= 11 is 1.50. The highest BCUT2D eigenvalue weighted by Gasteiger charge is 2.29. The monoisotopic (exact) mass is 309 g/mol. The molecule has 21 heavy (non-hydrogen) atoms. The molecule has 1 aromatic rings. The number of carbonyl (C=O) groups excluding carboxylic acids is 1. The predicted molar refractivity (Wildman–Crippen MR) is 81.9 cm³/mol. The maximum Gasteiger partial charge on any atom is 0.233 e. The van der Waals surface area contributed by atoms with E-state index in [0.29, 0.717) is 18.3 Å². The van der Waals surface area contributed by atoms with E-state index in [1.54, 1.807) is 0 Å². The fourth-order valence-corrected chi connectivity index (χ4v) is 3.65. The topological polar surface area (TPSA) is 77.0 Å². The lowest BCUT2D eigenvalue weighted by molar-refractivity contribution is -0.129. The smallest absolute Gasteiger partial charge is 0.233 e. The molecular weight excluding hydrogens is 286 g/mol. The summed E-state index contributed by atoms with van der Waals surface area (Å²) in [6, 6.07) is 0.493. The van der Waals surface area contributed by atoms with Crippen LogP contribution in [0.15, 0.2) is 5.16 Å². The molecule has 1 saturated heterocycles. The number of piperidine rings is 1. The molecule has 3 rings (SSSR count). The number of rotatable bonds is 5. The molecule has 0 bridgehead atoms. The molecule has 2 N–H and O–H groups in total. The van der Waals surface area contributed by atoms with Gasteiger partial charge >= 0.3 is 0 Å². The fraction of sp³-hybridized carbons (Fsp3) is 0.786. The molecule has 2 heterocycles. The minimum absolute atomic E-state index is 0.214. The Hall–Kier alpha value is -1.08. The Morgan fingerprint density at radius 1 is 1.29 bits per heavy atom. The third-order valence-corrected chi connectivity index (χ3v) is 5.22. The average molecular weight is 309 g/mol. The van der Waals surface area contributed by atoms with Gasteiger partial charge < -0.3 is 15.2 Å². The third kappa shape index (κ3) is 3.40. The van der Waals surface area contributed by atoms with Crippen LogP contribution in [-0.4, -0.2) is 44.4 Å². The van der Waals surface area contributed by atoms with E-state index in [-0.39, 0.29) is 5.91 Å². The van der Waals surface area contributed by atoms with Crippen molar-refractivity contribution in [2.75, 3.05) is 18.8 Å². The lowest BCUT2D eigenvalue weighted by atomic mass is 9.99. The standard InChI is InChI=1S/C14H23N5OS/c1-10-4-6-18(7-5-10)13(20)9-21-14-17-16-12(8-15)19(14)11-2-3-11/h10-11H,2-9,15H2,1H3. The first kappa shape index (κ1) is 14.8. The summed E-state index contributed by atoms with van der Waals surface area (Å²) in [5, 5.41) is 9.19. The normalized spacial score (nSPS) is 20.0. The van der Waals surface area contributed by atoms with Gasteiger partial charge in [-0.2, -0.15) is 0 Å². The quantitative estimate of drug-likeness (QED) is 0.832. The molecule has 6 nitrogen and oxygen atoms in total. The summed E-state index contributed by atoms with van der Waals surface area (Å²) in [4.78, 5) is 14.3. The summed E-state index contributed by atoms with van der Waals surface area (Å²) in [6.45, 7) is 4.44. The molecule has 1 saturated carbocycles. The first-order valence-electron chi connectivity index (χ1n) is 7.73. The third-order valence-electron chi connectivity index (χ3n) is 4.29. The van der Waals surface area contributed by atoms with Crippen LogP contribution in [0.3, 0.4) is 0 Å². The van der Waals surface area contributed by atoms with Gasteiger partial charge in [0.2, 0.25) is 5.91 Å². The lowest BCUT2D eigenvalue weighted by Crippen LogP contribution is -2.38. The van der Waals surface area contributed by atoms with Crippen LogP contribution in [-0.2, 0) is 11.3 Å². The summed E-state index contributed by atoms with van der Waals surface area (Å²) in [5.74, 6) is 2.24. The van der Waals surface area contributed by atoms with Gasteiger partial charge in [-0.15, -0.1) is 10.2 Å². The molecule has 0 radical (unpaired) electrons. The lowest BCUT2D eigenvalue weighted by Gasteiger charge is -2.30. The molecule has 2 aliphatic rings. The summed E-state index contributed by atoms with van der Waals surface area (Å²) < 4.78 is 2.12. The van der Waals surface area contributed by atoms with Crippen molar-refractivity contribution < 1.29 is 4.79 Å². The van der Waals surface area contributed by atoms with E-state index >= 15 is 0 Å². The minimum Gasteiger partial charge on any atom is -0.342 e. The first-order chi connectivity index (χ1) is 10.2. The van der Waals surface area contributed by atoms with Crippen molar-refractivity contribution in [3.05, 3.63) is 5.82 Å². The number of aromatic nitrogens is 3. The van der Waals surface area contributed by atoms with Gasteiger partial charge in [0.05, 0.1) is 12.3 Å². The molecule has 0 spiro atoms. The number of amides is 1. The summed E-state index contributed by atoms with van der Waals surface area (Å²) in [5.41, 5.74) is 5.71. The Bertz CT molecular complexity index is 505. The molecule has 116 valence electrons. The summed E-state index contributed by atoms with van der Waals surface area (Å²) in [7, 11) is 0. The Kier molecular flexibility index (Phi) is 4.49. The molecule has 1 aromatic heterocycles. The van der Waals surface area contributed by atoms with Crippen molar-refractivity contribution in [2.45, 2.75) is 50.4 Å². The second-order valence-corrected chi connectivity index (χ2v) is 7.00. The van der Waals surface area contributed by atoms with Gasteiger partial charge in [0.25, 0.3) is 0 Å². The molecular formula is C14H23N5OS. The van der Waals surface area contributed by atoms with Gasteiger partial charge in [0.15, 0.2) is 5.16 Å². The van der Waals surface area contributed by atoms with Crippen LogP contribution in [0, 0.1) is 5.92 Å². The highest BCUT2D eigenvalue weighted by atomic mass is 32.2. The van der Waals surface area contributed by atoms with Crippen LogP contribution in [0.1, 0.15) is 44.5 Å². The largest absolute Gasteiger partial charge is 0.342 e. The maximum absolute atomic E-state index is 12.3. The van der Waals surface area contributed by atoms with Gasteiger partial charge in [-0.25, -0.2) is 0 Å². The van der Waals surface area contributed by atoms with Gasteiger partial charge in [-0.3, -0.25) is 4.79 Å². The molecule has 1 amide bonds. The number of nitrogens with zero attached hydrogens (tertiary/aromatic N) is 4.